The molecule has 1 fully saturated rings. The number of fused-ring (bicyclic) bond motifs is 1. The highest BCUT2D eigenvalue weighted by Gasteiger charge is 2.29. The minimum absolute atomic E-state index is 0.0351. The molecule has 0 aromatic carbocycles. The Morgan fingerprint density at radius 2 is 2.19 bits per heavy atom. The van der Waals surface area contributed by atoms with Gasteiger partial charge in [-0.2, -0.15) is 0 Å². The largest absolute Gasteiger partial charge is 0.352 e. The second-order valence-corrected chi connectivity index (χ2v) is 6.50. The van der Waals surface area contributed by atoms with Gasteiger partial charge in [0.2, 0.25) is 5.91 Å². The fourth-order valence-corrected chi connectivity index (χ4v) is 2.61. The van der Waals surface area contributed by atoms with Crippen LogP contribution in [0.5, 0.6) is 0 Å². The molecule has 1 aliphatic carbocycles. The number of hydrogen-bond acceptors (Lipinski definition) is 3. The lowest BCUT2D eigenvalue weighted by atomic mass is 10.2. The van der Waals surface area contributed by atoms with E-state index in [0.29, 0.717) is 28.1 Å². The van der Waals surface area contributed by atoms with E-state index < -0.39 is 6.04 Å². The molecule has 3 rings (SSSR count). The number of nitrogens with zero attached hydrogens (tertiary/aromatic N) is 3. The molecule has 1 saturated carbocycles. The second kappa shape index (κ2) is 5.46. The summed E-state index contributed by atoms with van der Waals surface area (Å²) in [6.45, 7) is 3.66. The van der Waals surface area contributed by atoms with Gasteiger partial charge in [0.25, 0.3) is 0 Å². The topological polar surface area (TPSA) is 59.8 Å². The van der Waals surface area contributed by atoms with Crippen LogP contribution in [0, 0.1) is 0 Å². The van der Waals surface area contributed by atoms with Gasteiger partial charge >= 0.3 is 0 Å². The number of imidazole rings is 1. The van der Waals surface area contributed by atoms with Crippen molar-refractivity contribution in [3.8, 4) is 0 Å². The SMILES string of the molecule is CC(Cl)c1nc2cc(Cl)cnc2n1C(C)C(=O)NC1CC1. The third-order valence-corrected chi connectivity index (χ3v) is 3.97. The number of rotatable bonds is 4. The lowest BCUT2D eigenvalue weighted by molar-refractivity contribution is -0.124. The van der Waals surface area contributed by atoms with Gasteiger partial charge in [-0.1, -0.05) is 11.6 Å². The standard InChI is InChI=1S/C14H16Cl2N4O/c1-7(15)12-19-11-5-9(16)6-17-13(11)20(12)8(2)14(21)18-10-3-4-10/h5-8,10H,3-4H2,1-2H3,(H,18,21). The van der Waals surface area contributed by atoms with Crippen LogP contribution in [-0.4, -0.2) is 26.5 Å². The Hall–Kier alpha value is -1.33. The van der Waals surface area contributed by atoms with Crippen molar-refractivity contribution >= 4 is 40.3 Å². The fraction of sp³-hybridized carbons (Fsp3) is 0.500. The molecule has 1 N–H and O–H groups in total. The number of halogens is 2. The molecule has 0 aliphatic heterocycles. The Bertz CT molecular complexity index is 694. The maximum absolute atomic E-state index is 12.3. The van der Waals surface area contributed by atoms with Crippen LogP contribution in [0.15, 0.2) is 12.3 Å². The van der Waals surface area contributed by atoms with Crippen molar-refractivity contribution in [1.29, 1.82) is 0 Å². The maximum Gasteiger partial charge on any atom is 0.243 e. The number of carbonyl (C=O) groups excluding carboxylic acids is 1. The third-order valence-electron chi connectivity index (χ3n) is 3.57. The zero-order valence-corrected chi connectivity index (χ0v) is 13.3. The molecule has 112 valence electrons. The van der Waals surface area contributed by atoms with Gasteiger partial charge in [-0.3, -0.25) is 9.36 Å². The summed E-state index contributed by atoms with van der Waals surface area (Å²) in [4.78, 5) is 21.1. The summed E-state index contributed by atoms with van der Waals surface area (Å²) >= 11 is 12.2. The van der Waals surface area contributed by atoms with Gasteiger partial charge in [-0.25, -0.2) is 9.97 Å². The molecule has 2 aromatic rings. The summed E-state index contributed by atoms with van der Waals surface area (Å²) in [5.41, 5.74) is 1.27. The van der Waals surface area contributed by atoms with Crippen molar-refractivity contribution in [2.24, 2.45) is 0 Å². The first-order chi connectivity index (χ1) is 9.97. The quantitative estimate of drug-likeness (QED) is 0.877. The molecule has 0 bridgehead atoms. The summed E-state index contributed by atoms with van der Waals surface area (Å²) in [5, 5.41) is 3.18. The van der Waals surface area contributed by atoms with E-state index in [1.165, 1.54) is 0 Å². The molecular formula is C14H16Cl2N4O. The van der Waals surface area contributed by atoms with Crippen LogP contribution in [0.25, 0.3) is 11.2 Å². The van der Waals surface area contributed by atoms with Crippen LogP contribution in [-0.2, 0) is 4.79 Å². The van der Waals surface area contributed by atoms with Crippen LogP contribution in [0.4, 0.5) is 0 Å². The zero-order chi connectivity index (χ0) is 15.1. The number of carbonyl (C=O) groups is 1. The number of aromatic nitrogens is 3. The molecule has 2 atom stereocenters. The molecule has 1 aliphatic rings. The van der Waals surface area contributed by atoms with Gasteiger partial charge in [-0.15, -0.1) is 11.6 Å². The first kappa shape index (κ1) is 14.6. The second-order valence-electron chi connectivity index (χ2n) is 5.41. The summed E-state index contributed by atoms with van der Waals surface area (Å²) in [6, 6.07) is 1.63. The van der Waals surface area contributed by atoms with E-state index in [-0.39, 0.29) is 11.3 Å². The van der Waals surface area contributed by atoms with Crippen molar-refractivity contribution in [1.82, 2.24) is 19.9 Å². The minimum atomic E-state index is -0.416. The van der Waals surface area contributed by atoms with Crippen LogP contribution >= 0.6 is 23.2 Å². The molecule has 21 heavy (non-hydrogen) atoms. The first-order valence-corrected chi connectivity index (χ1v) is 7.76. The number of alkyl halides is 1. The Morgan fingerprint density at radius 3 is 2.81 bits per heavy atom. The number of pyridine rings is 1. The normalized spacial score (nSPS) is 17.7. The maximum atomic E-state index is 12.3. The van der Waals surface area contributed by atoms with E-state index in [0.717, 1.165) is 12.8 Å². The molecule has 2 unspecified atom stereocenters. The average molecular weight is 327 g/mol. The van der Waals surface area contributed by atoms with Crippen molar-refractivity contribution in [2.45, 2.75) is 44.1 Å². The van der Waals surface area contributed by atoms with E-state index >= 15 is 0 Å². The highest BCUT2D eigenvalue weighted by Crippen LogP contribution is 2.29. The van der Waals surface area contributed by atoms with Gasteiger partial charge in [0, 0.05) is 12.2 Å². The summed E-state index contributed by atoms with van der Waals surface area (Å²) in [6.07, 6.45) is 3.65. The van der Waals surface area contributed by atoms with Gasteiger partial charge in [0.05, 0.1) is 10.4 Å². The Labute approximate surface area is 132 Å². The van der Waals surface area contributed by atoms with Crippen molar-refractivity contribution in [3.63, 3.8) is 0 Å². The van der Waals surface area contributed by atoms with Gasteiger partial charge < -0.3 is 5.32 Å². The minimum Gasteiger partial charge on any atom is -0.352 e. The summed E-state index contributed by atoms with van der Waals surface area (Å²) < 4.78 is 1.79. The van der Waals surface area contributed by atoms with E-state index in [4.69, 9.17) is 23.2 Å². The third kappa shape index (κ3) is 2.85. The van der Waals surface area contributed by atoms with E-state index in [9.17, 15) is 4.79 Å². The molecule has 7 heteroatoms. The number of amides is 1. The van der Waals surface area contributed by atoms with Crippen molar-refractivity contribution in [3.05, 3.63) is 23.1 Å². The predicted molar refractivity (Wildman–Crippen MR) is 82.7 cm³/mol. The Morgan fingerprint density at radius 1 is 1.48 bits per heavy atom. The molecule has 5 nitrogen and oxygen atoms in total. The fourth-order valence-electron chi connectivity index (χ4n) is 2.30. The lowest BCUT2D eigenvalue weighted by Gasteiger charge is -2.17. The average Bonchev–Trinajstić information content (AvgIpc) is 3.15. The van der Waals surface area contributed by atoms with E-state index in [2.05, 4.69) is 15.3 Å². The Balaban J connectivity index is 2.05. The van der Waals surface area contributed by atoms with Gasteiger partial charge in [0.15, 0.2) is 5.65 Å². The zero-order valence-electron chi connectivity index (χ0n) is 11.8. The van der Waals surface area contributed by atoms with Crippen LogP contribution in [0.2, 0.25) is 5.02 Å². The lowest BCUT2D eigenvalue weighted by Crippen LogP contribution is -2.33. The molecule has 0 saturated heterocycles. The first-order valence-electron chi connectivity index (χ1n) is 6.95. The Kier molecular flexibility index (Phi) is 3.80. The van der Waals surface area contributed by atoms with E-state index in [1.54, 1.807) is 16.8 Å². The molecule has 0 spiro atoms. The predicted octanol–water partition coefficient (Wildman–Crippen LogP) is 3.22. The van der Waals surface area contributed by atoms with Crippen molar-refractivity contribution < 1.29 is 4.79 Å². The molecular weight excluding hydrogens is 311 g/mol. The van der Waals surface area contributed by atoms with Gasteiger partial charge in [-0.05, 0) is 32.8 Å². The smallest absolute Gasteiger partial charge is 0.243 e. The van der Waals surface area contributed by atoms with Crippen LogP contribution < -0.4 is 5.32 Å². The monoisotopic (exact) mass is 326 g/mol. The molecule has 0 radical (unpaired) electrons. The summed E-state index contributed by atoms with van der Waals surface area (Å²) in [7, 11) is 0. The highest BCUT2D eigenvalue weighted by atomic mass is 35.5. The van der Waals surface area contributed by atoms with E-state index in [1.807, 2.05) is 13.8 Å². The number of hydrogen-bond donors (Lipinski definition) is 1. The van der Waals surface area contributed by atoms with Crippen LogP contribution in [0.1, 0.15) is 43.9 Å². The highest BCUT2D eigenvalue weighted by molar-refractivity contribution is 6.31. The molecule has 2 aromatic heterocycles. The molecule has 2 heterocycles. The molecule has 1 amide bonds. The van der Waals surface area contributed by atoms with Crippen molar-refractivity contribution in [2.75, 3.05) is 0 Å². The van der Waals surface area contributed by atoms with Crippen LogP contribution in [0.3, 0.4) is 0 Å². The number of nitrogens with one attached hydrogen (secondary N) is 1. The van der Waals surface area contributed by atoms with Gasteiger partial charge in [0.1, 0.15) is 17.4 Å². The summed E-state index contributed by atoms with van der Waals surface area (Å²) in [5.74, 6) is 0.590.